The quantitative estimate of drug-likeness (QED) is 0.785. The molecule has 5 heteroatoms. The standard InChI is InChI=1S/C23H30N2O2.ClH/c1-5-27-20-15-23(24,22(20,2)3)21(26)25(4)16-18-13-9-10-14-19(18)17-11-7-6-8-12-17;/h6-14,20H,5,15-16,24H2,1-4H3;1H. The molecule has 152 valence electrons. The van der Waals surface area contributed by atoms with Crippen LogP contribution in [-0.4, -0.2) is 36.1 Å². The van der Waals surface area contributed by atoms with Crippen LogP contribution in [0.25, 0.3) is 11.1 Å². The zero-order valence-electron chi connectivity index (χ0n) is 17.1. The van der Waals surface area contributed by atoms with E-state index in [0.717, 1.165) is 16.7 Å². The number of benzene rings is 2. The second-order valence-electron chi connectivity index (χ2n) is 8.03. The summed E-state index contributed by atoms with van der Waals surface area (Å²) in [7, 11) is 1.84. The van der Waals surface area contributed by atoms with Gasteiger partial charge in [0.15, 0.2) is 0 Å². The van der Waals surface area contributed by atoms with Crippen LogP contribution >= 0.6 is 12.4 Å². The van der Waals surface area contributed by atoms with Crippen molar-refractivity contribution in [2.75, 3.05) is 13.7 Å². The molecule has 3 rings (SSSR count). The van der Waals surface area contributed by atoms with E-state index in [1.807, 2.05) is 58.2 Å². The Hall–Kier alpha value is -1.88. The third kappa shape index (κ3) is 3.82. The first-order valence-corrected chi connectivity index (χ1v) is 9.60. The molecule has 2 N–H and O–H groups in total. The largest absolute Gasteiger partial charge is 0.378 e. The molecule has 1 fully saturated rings. The highest BCUT2D eigenvalue weighted by Crippen LogP contribution is 2.50. The lowest BCUT2D eigenvalue weighted by Crippen LogP contribution is -2.75. The molecule has 0 saturated heterocycles. The van der Waals surface area contributed by atoms with Gasteiger partial charge in [-0.05, 0) is 23.6 Å². The van der Waals surface area contributed by atoms with Crippen LogP contribution in [0.2, 0.25) is 0 Å². The topological polar surface area (TPSA) is 55.6 Å². The summed E-state index contributed by atoms with van der Waals surface area (Å²) < 4.78 is 5.76. The van der Waals surface area contributed by atoms with E-state index in [1.54, 1.807) is 4.90 Å². The van der Waals surface area contributed by atoms with Crippen molar-refractivity contribution in [1.29, 1.82) is 0 Å². The summed E-state index contributed by atoms with van der Waals surface area (Å²) in [5.41, 5.74) is 8.71. The van der Waals surface area contributed by atoms with E-state index in [4.69, 9.17) is 10.5 Å². The van der Waals surface area contributed by atoms with Gasteiger partial charge in [-0.15, -0.1) is 12.4 Å². The molecule has 4 nitrogen and oxygen atoms in total. The average Bonchev–Trinajstić information content (AvgIpc) is 2.68. The van der Waals surface area contributed by atoms with Gasteiger partial charge in [0, 0.05) is 32.0 Å². The Kier molecular flexibility index (Phi) is 6.92. The van der Waals surface area contributed by atoms with Crippen molar-refractivity contribution in [3.8, 4) is 11.1 Å². The van der Waals surface area contributed by atoms with Gasteiger partial charge in [0.25, 0.3) is 0 Å². The molecule has 2 atom stereocenters. The van der Waals surface area contributed by atoms with E-state index in [2.05, 4.69) is 24.3 Å². The van der Waals surface area contributed by atoms with E-state index < -0.39 is 5.54 Å². The minimum absolute atomic E-state index is 0. The maximum atomic E-state index is 13.2. The fourth-order valence-electron chi connectivity index (χ4n) is 4.02. The van der Waals surface area contributed by atoms with Crippen molar-refractivity contribution < 1.29 is 9.53 Å². The van der Waals surface area contributed by atoms with E-state index in [0.29, 0.717) is 19.6 Å². The second-order valence-corrected chi connectivity index (χ2v) is 8.03. The summed E-state index contributed by atoms with van der Waals surface area (Å²) in [6.07, 6.45) is 0.596. The van der Waals surface area contributed by atoms with Gasteiger partial charge in [0.05, 0.1) is 6.10 Å². The number of ether oxygens (including phenoxy) is 1. The second kappa shape index (κ2) is 8.64. The summed E-state index contributed by atoms with van der Waals surface area (Å²) >= 11 is 0. The maximum absolute atomic E-state index is 13.2. The molecule has 28 heavy (non-hydrogen) atoms. The first kappa shape index (κ1) is 22.4. The molecule has 2 aromatic rings. The number of carbonyl (C=O) groups excluding carboxylic acids is 1. The van der Waals surface area contributed by atoms with Crippen molar-refractivity contribution in [1.82, 2.24) is 4.90 Å². The number of hydrogen-bond donors (Lipinski definition) is 1. The highest BCUT2D eigenvalue weighted by molar-refractivity contribution is 5.89. The number of rotatable bonds is 6. The Morgan fingerprint density at radius 1 is 1.14 bits per heavy atom. The smallest absolute Gasteiger partial charge is 0.243 e. The van der Waals surface area contributed by atoms with Gasteiger partial charge in [0.1, 0.15) is 5.54 Å². The van der Waals surface area contributed by atoms with Crippen molar-refractivity contribution in [3.63, 3.8) is 0 Å². The molecule has 0 bridgehead atoms. The summed E-state index contributed by atoms with van der Waals surface area (Å²) in [6, 6.07) is 18.5. The Morgan fingerprint density at radius 2 is 1.75 bits per heavy atom. The van der Waals surface area contributed by atoms with Gasteiger partial charge in [-0.2, -0.15) is 0 Å². The number of nitrogens with two attached hydrogens (primary N) is 1. The third-order valence-electron chi connectivity index (χ3n) is 6.07. The maximum Gasteiger partial charge on any atom is 0.243 e. The number of halogens is 1. The molecule has 1 aliphatic rings. The predicted octanol–water partition coefficient (Wildman–Crippen LogP) is 4.27. The zero-order valence-corrected chi connectivity index (χ0v) is 18.0. The normalized spacial score (nSPS) is 22.7. The first-order valence-electron chi connectivity index (χ1n) is 9.60. The Morgan fingerprint density at radius 3 is 2.36 bits per heavy atom. The Bertz CT molecular complexity index is 809. The summed E-state index contributed by atoms with van der Waals surface area (Å²) in [6.45, 7) is 7.19. The number of hydrogen-bond acceptors (Lipinski definition) is 3. The van der Waals surface area contributed by atoms with E-state index in [-0.39, 0.29) is 29.8 Å². The Balaban J connectivity index is 0.00000280. The SMILES string of the molecule is CCOC1CC(N)(C(=O)N(C)Cc2ccccc2-c2ccccc2)C1(C)C.Cl. The van der Waals surface area contributed by atoms with Crippen LogP contribution in [0.15, 0.2) is 54.6 Å². The number of carbonyl (C=O) groups is 1. The first-order chi connectivity index (χ1) is 12.8. The van der Waals surface area contributed by atoms with Crippen LogP contribution in [0.4, 0.5) is 0 Å². The summed E-state index contributed by atoms with van der Waals surface area (Å²) in [4.78, 5) is 15.0. The molecule has 1 aliphatic carbocycles. The van der Waals surface area contributed by atoms with Crippen molar-refractivity contribution in [2.24, 2.45) is 11.1 Å². The molecule has 0 aromatic heterocycles. The fraction of sp³-hybridized carbons (Fsp3) is 0.435. The average molecular weight is 403 g/mol. The fourth-order valence-corrected chi connectivity index (χ4v) is 4.02. The lowest BCUT2D eigenvalue weighted by molar-refractivity contribution is -0.178. The zero-order chi connectivity index (χ0) is 19.7. The van der Waals surface area contributed by atoms with Gasteiger partial charge < -0.3 is 15.4 Å². The van der Waals surface area contributed by atoms with Crippen molar-refractivity contribution >= 4 is 18.3 Å². The minimum atomic E-state index is -0.886. The predicted molar refractivity (Wildman–Crippen MR) is 116 cm³/mol. The molecule has 1 saturated carbocycles. The number of likely N-dealkylation sites (N-methyl/N-ethyl adjacent to an activating group) is 1. The molecule has 0 spiro atoms. The molecular weight excluding hydrogens is 372 g/mol. The number of nitrogens with zero attached hydrogens (tertiary/aromatic N) is 1. The van der Waals surface area contributed by atoms with Crippen LogP contribution in [0.1, 0.15) is 32.8 Å². The molecule has 0 heterocycles. The molecule has 2 aromatic carbocycles. The highest BCUT2D eigenvalue weighted by atomic mass is 35.5. The van der Waals surface area contributed by atoms with Crippen LogP contribution in [0, 0.1) is 5.41 Å². The molecule has 1 amide bonds. The van der Waals surface area contributed by atoms with Crippen LogP contribution in [0.3, 0.4) is 0 Å². The molecule has 0 radical (unpaired) electrons. The van der Waals surface area contributed by atoms with Crippen LogP contribution < -0.4 is 5.73 Å². The minimum Gasteiger partial charge on any atom is -0.378 e. The van der Waals surface area contributed by atoms with Gasteiger partial charge >= 0.3 is 0 Å². The van der Waals surface area contributed by atoms with Gasteiger partial charge in [0.2, 0.25) is 5.91 Å². The van der Waals surface area contributed by atoms with Gasteiger partial charge in [-0.3, -0.25) is 4.79 Å². The third-order valence-corrected chi connectivity index (χ3v) is 6.07. The van der Waals surface area contributed by atoms with Crippen molar-refractivity contribution in [3.05, 3.63) is 60.2 Å². The number of amides is 1. The highest BCUT2D eigenvalue weighted by Gasteiger charge is 2.63. The monoisotopic (exact) mass is 402 g/mol. The van der Waals surface area contributed by atoms with Gasteiger partial charge in [-0.25, -0.2) is 0 Å². The summed E-state index contributed by atoms with van der Waals surface area (Å²) in [5, 5.41) is 0. The van der Waals surface area contributed by atoms with E-state index >= 15 is 0 Å². The Labute approximate surface area is 174 Å². The van der Waals surface area contributed by atoms with Crippen molar-refractivity contribution in [2.45, 2.75) is 45.4 Å². The van der Waals surface area contributed by atoms with Gasteiger partial charge in [-0.1, -0.05) is 68.4 Å². The van der Waals surface area contributed by atoms with E-state index in [1.165, 1.54) is 0 Å². The molecule has 0 aliphatic heterocycles. The molecular formula is C23H31ClN2O2. The van der Waals surface area contributed by atoms with Crippen LogP contribution in [0.5, 0.6) is 0 Å². The van der Waals surface area contributed by atoms with Crippen LogP contribution in [-0.2, 0) is 16.1 Å². The van der Waals surface area contributed by atoms with E-state index in [9.17, 15) is 4.79 Å². The lowest BCUT2D eigenvalue weighted by atomic mass is 9.54. The summed E-state index contributed by atoms with van der Waals surface area (Å²) in [5.74, 6) is -0.0219. The molecule has 2 unspecified atom stereocenters. The lowest BCUT2D eigenvalue weighted by Gasteiger charge is -2.58.